The van der Waals surface area contributed by atoms with Crippen molar-refractivity contribution in [3.05, 3.63) is 11.9 Å². The molecule has 1 aromatic heterocycles. The standard InChI is InChI=1S/C7H13N3/c1-4-7-5-10(6(2)3)9-8-7/h5-6H,4H2,1-3H3. The fraction of sp³-hybridized carbons (Fsp3) is 0.714. The molecule has 0 bridgehead atoms. The lowest BCUT2D eigenvalue weighted by atomic mass is 10.3. The Kier molecular flexibility index (Phi) is 2.04. The van der Waals surface area contributed by atoms with Crippen LogP contribution in [0.1, 0.15) is 32.5 Å². The van der Waals surface area contributed by atoms with Crippen molar-refractivity contribution in [2.24, 2.45) is 0 Å². The fourth-order valence-electron chi connectivity index (χ4n) is 0.728. The molecule has 3 nitrogen and oxygen atoms in total. The first-order valence-corrected chi connectivity index (χ1v) is 3.64. The molecule has 1 rings (SSSR count). The van der Waals surface area contributed by atoms with Crippen LogP contribution in [-0.2, 0) is 6.42 Å². The molecule has 0 aliphatic heterocycles. The van der Waals surface area contributed by atoms with Crippen LogP contribution in [0.15, 0.2) is 6.20 Å². The summed E-state index contributed by atoms with van der Waals surface area (Å²) in [6, 6.07) is 0.424. The van der Waals surface area contributed by atoms with E-state index in [0.29, 0.717) is 6.04 Å². The Hall–Kier alpha value is -0.860. The summed E-state index contributed by atoms with van der Waals surface area (Å²) in [5.41, 5.74) is 1.06. The Bertz CT molecular complexity index is 202. The van der Waals surface area contributed by atoms with Gasteiger partial charge in [0, 0.05) is 12.2 Å². The summed E-state index contributed by atoms with van der Waals surface area (Å²) in [5.74, 6) is 0. The normalized spacial score (nSPS) is 10.8. The van der Waals surface area contributed by atoms with Gasteiger partial charge in [0.25, 0.3) is 0 Å². The minimum Gasteiger partial charge on any atom is -0.250 e. The van der Waals surface area contributed by atoms with Crippen molar-refractivity contribution in [3.8, 4) is 0 Å². The first kappa shape index (κ1) is 7.25. The van der Waals surface area contributed by atoms with Crippen molar-refractivity contribution >= 4 is 0 Å². The smallest absolute Gasteiger partial charge is 0.0824 e. The van der Waals surface area contributed by atoms with Crippen molar-refractivity contribution in [1.29, 1.82) is 0 Å². The maximum absolute atomic E-state index is 3.97. The average Bonchev–Trinajstić information content (AvgIpc) is 2.34. The summed E-state index contributed by atoms with van der Waals surface area (Å²) in [6.45, 7) is 6.26. The monoisotopic (exact) mass is 139 g/mol. The van der Waals surface area contributed by atoms with Crippen LogP contribution in [-0.4, -0.2) is 15.0 Å². The van der Waals surface area contributed by atoms with Gasteiger partial charge in [-0.1, -0.05) is 12.1 Å². The average molecular weight is 139 g/mol. The van der Waals surface area contributed by atoms with Crippen LogP contribution in [0.5, 0.6) is 0 Å². The predicted octanol–water partition coefficient (Wildman–Crippen LogP) is 1.42. The first-order chi connectivity index (χ1) is 4.74. The Morgan fingerprint density at radius 1 is 1.60 bits per heavy atom. The van der Waals surface area contributed by atoms with Gasteiger partial charge >= 0.3 is 0 Å². The van der Waals surface area contributed by atoms with Gasteiger partial charge in [-0.15, -0.1) is 5.10 Å². The second-order valence-corrected chi connectivity index (χ2v) is 2.64. The molecule has 0 amide bonds. The summed E-state index contributed by atoms with van der Waals surface area (Å²) in [4.78, 5) is 0. The van der Waals surface area contributed by atoms with Gasteiger partial charge < -0.3 is 0 Å². The molecule has 0 fully saturated rings. The molecule has 0 unspecified atom stereocenters. The summed E-state index contributed by atoms with van der Waals surface area (Å²) >= 11 is 0. The largest absolute Gasteiger partial charge is 0.250 e. The van der Waals surface area contributed by atoms with Gasteiger partial charge in [-0.2, -0.15) is 0 Å². The van der Waals surface area contributed by atoms with E-state index < -0.39 is 0 Å². The zero-order chi connectivity index (χ0) is 7.56. The quantitative estimate of drug-likeness (QED) is 0.620. The molecule has 0 aliphatic carbocycles. The van der Waals surface area contributed by atoms with Crippen LogP contribution >= 0.6 is 0 Å². The lowest BCUT2D eigenvalue weighted by Gasteiger charge is -2.00. The molecule has 3 heteroatoms. The molecule has 0 N–H and O–H groups in total. The molecule has 0 aromatic carbocycles. The maximum Gasteiger partial charge on any atom is 0.0824 e. The second-order valence-electron chi connectivity index (χ2n) is 2.64. The van der Waals surface area contributed by atoms with Crippen molar-refractivity contribution in [1.82, 2.24) is 15.0 Å². The minimum absolute atomic E-state index is 0.424. The molecule has 0 aliphatic rings. The number of nitrogens with zero attached hydrogens (tertiary/aromatic N) is 3. The lowest BCUT2D eigenvalue weighted by molar-refractivity contribution is 0.514. The van der Waals surface area contributed by atoms with Crippen molar-refractivity contribution < 1.29 is 0 Å². The Morgan fingerprint density at radius 3 is 2.60 bits per heavy atom. The molecule has 1 aromatic rings. The van der Waals surface area contributed by atoms with Gasteiger partial charge in [0.1, 0.15) is 0 Å². The zero-order valence-electron chi connectivity index (χ0n) is 6.70. The Labute approximate surface area is 61.1 Å². The van der Waals surface area contributed by atoms with Crippen LogP contribution in [0.2, 0.25) is 0 Å². The van der Waals surface area contributed by atoms with Gasteiger partial charge in [0.15, 0.2) is 0 Å². The van der Waals surface area contributed by atoms with E-state index >= 15 is 0 Å². The topological polar surface area (TPSA) is 30.7 Å². The van der Waals surface area contributed by atoms with E-state index in [-0.39, 0.29) is 0 Å². The van der Waals surface area contributed by atoms with Crippen LogP contribution in [0.3, 0.4) is 0 Å². The van der Waals surface area contributed by atoms with Gasteiger partial charge in [0.2, 0.25) is 0 Å². The van der Waals surface area contributed by atoms with E-state index in [1.165, 1.54) is 0 Å². The number of hydrogen-bond donors (Lipinski definition) is 0. The van der Waals surface area contributed by atoms with E-state index in [2.05, 4.69) is 31.1 Å². The molecule has 0 radical (unpaired) electrons. The van der Waals surface area contributed by atoms with Gasteiger partial charge in [-0.25, -0.2) is 4.68 Å². The van der Waals surface area contributed by atoms with E-state index in [9.17, 15) is 0 Å². The second kappa shape index (κ2) is 2.82. The third-order valence-corrected chi connectivity index (χ3v) is 1.45. The number of aryl methyl sites for hydroxylation is 1. The van der Waals surface area contributed by atoms with Crippen LogP contribution in [0, 0.1) is 0 Å². The number of rotatable bonds is 2. The highest BCUT2D eigenvalue weighted by molar-refractivity contribution is 4.91. The molecule has 0 saturated carbocycles. The Balaban J connectivity index is 2.78. The first-order valence-electron chi connectivity index (χ1n) is 3.64. The summed E-state index contributed by atoms with van der Waals surface area (Å²) < 4.78 is 1.87. The third kappa shape index (κ3) is 1.35. The molecular formula is C7H13N3. The van der Waals surface area contributed by atoms with Crippen molar-refractivity contribution in [3.63, 3.8) is 0 Å². The molecule has 0 atom stereocenters. The maximum atomic E-state index is 3.97. The van der Waals surface area contributed by atoms with Crippen molar-refractivity contribution in [2.75, 3.05) is 0 Å². The summed E-state index contributed by atoms with van der Waals surface area (Å²) in [5, 5.41) is 7.92. The molecule has 10 heavy (non-hydrogen) atoms. The van der Waals surface area contributed by atoms with E-state index in [1.807, 2.05) is 10.9 Å². The van der Waals surface area contributed by atoms with Crippen LogP contribution < -0.4 is 0 Å². The Morgan fingerprint density at radius 2 is 2.30 bits per heavy atom. The highest BCUT2D eigenvalue weighted by atomic mass is 15.4. The highest BCUT2D eigenvalue weighted by Gasteiger charge is 1.99. The van der Waals surface area contributed by atoms with Gasteiger partial charge in [-0.05, 0) is 20.3 Å². The fourth-order valence-corrected chi connectivity index (χ4v) is 0.728. The van der Waals surface area contributed by atoms with Crippen LogP contribution in [0.4, 0.5) is 0 Å². The molecular weight excluding hydrogens is 126 g/mol. The zero-order valence-corrected chi connectivity index (χ0v) is 6.70. The number of aromatic nitrogens is 3. The highest BCUT2D eigenvalue weighted by Crippen LogP contribution is 2.01. The third-order valence-electron chi connectivity index (χ3n) is 1.45. The molecule has 0 saturated heterocycles. The minimum atomic E-state index is 0.424. The van der Waals surface area contributed by atoms with Gasteiger partial charge in [0.05, 0.1) is 5.69 Å². The SMILES string of the molecule is CCc1cn(C(C)C)nn1. The van der Waals surface area contributed by atoms with Crippen LogP contribution in [0.25, 0.3) is 0 Å². The number of hydrogen-bond acceptors (Lipinski definition) is 2. The predicted molar refractivity (Wildman–Crippen MR) is 39.8 cm³/mol. The molecule has 56 valence electrons. The lowest BCUT2D eigenvalue weighted by Crippen LogP contribution is -2.00. The van der Waals surface area contributed by atoms with E-state index in [1.54, 1.807) is 0 Å². The summed E-state index contributed by atoms with van der Waals surface area (Å²) in [6.07, 6.45) is 2.96. The van der Waals surface area contributed by atoms with Gasteiger partial charge in [-0.3, -0.25) is 0 Å². The van der Waals surface area contributed by atoms with Crippen molar-refractivity contribution in [2.45, 2.75) is 33.2 Å². The molecule has 1 heterocycles. The van der Waals surface area contributed by atoms with E-state index in [4.69, 9.17) is 0 Å². The van der Waals surface area contributed by atoms with E-state index in [0.717, 1.165) is 12.1 Å². The molecule has 0 spiro atoms. The summed E-state index contributed by atoms with van der Waals surface area (Å²) in [7, 11) is 0.